The van der Waals surface area contributed by atoms with E-state index in [1.807, 2.05) is 13.0 Å². The molecule has 0 radical (unpaired) electrons. The first kappa shape index (κ1) is 22.6. The molecule has 0 spiro atoms. The number of piperazine rings is 1. The van der Waals surface area contributed by atoms with E-state index in [4.69, 9.17) is 14.9 Å². The van der Waals surface area contributed by atoms with E-state index >= 15 is 0 Å². The molecule has 1 aliphatic carbocycles. The van der Waals surface area contributed by atoms with Crippen molar-refractivity contribution in [1.29, 1.82) is 0 Å². The maximum Gasteiger partial charge on any atom is 0.407 e. The van der Waals surface area contributed by atoms with E-state index in [-0.39, 0.29) is 11.9 Å². The lowest BCUT2D eigenvalue weighted by atomic mass is 9.89. The van der Waals surface area contributed by atoms with Gasteiger partial charge in [-0.3, -0.25) is 14.4 Å². The van der Waals surface area contributed by atoms with Crippen LogP contribution in [0.2, 0.25) is 0 Å². The Labute approximate surface area is 197 Å². The Balaban J connectivity index is 1.17. The molecule has 1 saturated carbocycles. The summed E-state index contributed by atoms with van der Waals surface area (Å²) in [6, 6.07) is 3.04. The molecular formula is C23H33N5O4S. The van der Waals surface area contributed by atoms with Gasteiger partial charge in [-0.25, -0.2) is 4.79 Å². The fourth-order valence-electron chi connectivity index (χ4n) is 5.48. The minimum Gasteiger partial charge on any atom is -0.465 e. The second kappa shape index (κ2) is 9.60. The minimum atomic E-state index is -0.821. The van der Waals surface area contributed by atoms with Crippen LogP contribution in [0.3, 0.4) is 0 Å². The lowest BCUT2D eigenvalue weighted by molar-refractivity contribution is 0.0674. The average Bonchev–Trinajstić information content (AvgIpc) is 3.41. The zero-order valence-electron chi connectivity index (χ0n) is 19.2. The second-order valence-corrected chi connectivity index (χ2v) is 10.5. The summed E-state index contributed by atoms with van der Waals surface area (Å²) in [5.74, 6) is 0.0210. The van der Waals surface area contributed by atoms with Crippen LogP contribution in [0.5, 0.6) is 0 Å². The van der Waals surface area contributed by atoms with E-state index in [0.717, 1.165) is 85.6 Å². The average molecular weight is 476 g/mol. The van der Waals surface area contributed by atoms with E-state index in [0.29, 0.717) is 25.2 Å². The first-order valence-electron chi connectivity index (χ1n) is 12.1. The molecule has 2 amide bonds. The van der Waals surface area contributed by atoms with Gasteiger partial charge in [-0.2, -0.15) is 5.10 Å². The van der Waals surface area contributed by atoms with Crippen molar-refractivity contribution in [3.63, 3.8) is 0 Å². The molecule has 2 aromatic rings. The van der Waals surface area contributed by atoms with Gasteiger partial charge in [0.1, 0.15) is 4.83 Å². The summed E-state index contributed by atoms with van der Waals surface area (Å²) in [5, 5.41) is 18.2. The number of thiophene rings is 1. The van der Waals surface area contributed by atoms with Gasteiger partial charge in [-0.1, -0.05) is 0 Å². The quantitative estimate of drug-likeness (QED) is 0.705. The molecule has 3 aliphatic rings. The van der Waals surface area contributed by atoms with E-state index < -0.39 is 6.09 Å². The smallest absolute Gasteiger partial charge is 0.407 e. The van der Waals surface area contributed by atoms with Crippen LogP contribution < -0.4 is 5.32 Å². The third-order valence-corrected chi connectivity index (χ3v) is 8.59. The monoisotopic (exact) mass is 475 g/mol. The lowest BCUT2D eigenvalue weighted by Gasteiger charge is -2.41. The number of aryl methyl sites for hydroxylation is 1. The summed E-state index contributed by atoms with van der Waals surface area (Å²) in [6.45, 7) is 6.33. The van der Waals surface area contributed by atoms with Crippen molar-refractivity contribution >= 4 is 33.6 Å². The third kappa shape index (κ3) is 4.74. The Hall–Kier alpha value is -2.17. The molecule has 3 fully saturated rings. The molecule has 180 valence electrons. The number of nitrogens with one attached hydrogen (secondary N) is 1. The molecule has 2 aromatic heterocycles. The number of hydrogen-bond acceptors (Lipinski definition) is 6. The van der Waals surface area contributed by atoms with Gasteiger partial charge >= 0.3 is 6.09 Å². The first-order valence-corrected chi connectivity index (χ1v) is 12.9. The topological polar surface area (TPSA) is 99.9 Å². The zero-order chi connectivity index (χ0) is 22.9. The van der Waals surface area contributed by atoms with Gasteiger partial charge in [0.2, 0.25) is 0 Å². The number of fused-ring (bicyclic) bond motifs is 1. The third-order valence-electron chi connectivity index (χ3n) is 7.46. The summed E-state index contributed by atoms with van der Waals surface area (Å²) in [7, 11) is 0. The van der Waals surface area contributed by atoms with Crippen LogP contribution >= 0.6 is 11.3 Å². The Kier molecular flexibility index (Phi) is 6.58. The number of amides is 2. The van der Waals surface area contributed by atoms with Crippen LogP contribution in [-0.2, 0) is 4.74 Å². The van der Waals surface area contributed by atoms with Crippen LogP contribution in [-0.4, -0.2) is 88.2 Å². The van der Waals surface area contributed by atoms with Crippen molar-refractivity contribution in [2.75, 3.05) is 39.4 Å². The van der Waals surface area contributed by atoms with Crippen LogP contribution in [0.15, 0.2) is 6.07 Å². The standard InChI is InChI=1S/C23H33N5O4S/c1-15-19-14-20(33-22(19)28(25-15)18-6-12-32-13-7-18)21(29)24-16-2-4-17(5-3-16)26-8-10-27(11-9-26)23(30)31/h14,16-18H,2-13H2,1H3,(H,24,29)(H,30,31). The summed E-state index contributed by atoms with van der Waals surface area (Å²) in [6.07, 6.45) is 5.13. The normalized spacial score (nSPS) is 25.4. The molecule has 0 bridgehead atoms. The van der Waals surface area contributed by atoms with Crippen molar-refractivity contribution in [1.82, 2.24) is 24.9 Å². The van der Waals surface area contributed by atoms with Crippen LogP contribution in [0.25, 0.3) is 10.2 Å². The Morgan fingerprint density at radius 3 is 2.42 bits per heavy atom. The Morgan fingerprint density at radius 1 is 1.06 bits per heavy atom. The number of aromatic nitrogens is 2. The molecule has 2 N–H and O–H groups in total. The minimum absolute atomic E-state index is 0.0210. The largest absolute Gasteiger partial charge is 0.465 e. The first-order chi connectivity index (χ1) is 16.0. The van der Waals surface area contributed by atoms with Gasteiger partial charge in [0.15, 0.2) is 0 Å². The van der Waals surface area contributed by atoms with Crippen molar-refractivity contribution < 1.29 is 19.4 Å². The molecule has 10 heteroatoms. The maximum atomic E-state index is 13.0. The Morgan fingerprint density at radius 2 is 1.76 bits per heavy atom. The molecule has 2 aliphatic heterocycles. The highest BCUT2D eigenvalue weighted by atomic mass is 32.1. The number of carbonyl (C=O) groups is 2. The van der Waals surface area contributed by atoms with Gasteiger partial charge in [-0.05, 0) is 51.5 Å². The van der Waals surface area contributed by atoms with Crippen molar-refractivity contribution in [3.8, 4) is 0 Å². The predicted molar refractivity (Wildman–Crippen MR) is 126 cm³/mol. The maximum absolute atomic E-state index is 13.0. The highest BCUT2D eigenvalue weighted by Crippen LogP contribution is 2.33. The van der Waals surface area contributed by atoms with E-state index in [9.17, 15) is 9.59 Å². The van der Waals surface area contributed by atoms with Gasteiger partial charge in [-0.15, -0.1) is 11.3 Å². The highest BCUT2D eigenvalue weighted by Gasteiger charge is 2.30. The van der Waals surface area contributed by atoms with Crippen LogP contribution in [0, 0.1) is 6.92 Å². The molecule has 9 nitrogen and oxygen atoms in total. The molecule has 33 heavy (non-hydrogen) atoms. The number of nitrogens with zero attached hydrogens (tertiary/aromatic N) is 4. The summed E-state index contributed by atoms with van der Waals surface area (Å²) in [4.78, 5) is 29.9. The molecule has 4 heterocycles. The summed E-state index contributed by atoms with van der Waals surface area (Å²) < 4.78 is 7.61. The molecule has 0 aromatic carbocycles. The van der Waals surface area contributed by atoms with Crippen molar-refractivity contribution in [2.24, 2.45) is 0 Å². The van der Waals surface area contributed by atoms with Gasteiger partial charge in [0.05, 0.1) is 16.6 Å². The second-order valence-electron chi connectivity index (χ2n) is 9.49. The number of ether oxygens (including phenoxy) is 1. The van der Waals surface area contributed by atoms with Crippen LogP contribution in [0.4, 0.5) is 4.79 Å². The fourth-order valence-corrected chi connectivity index (χ4v) is 6.62. The van der Waals surface area contributed by atoms with Crippen LogP contribution in [0.1, 0.15) is 59.9 Å². The number of rotatable bonds is 4. The van der Waals surface area contributed by atoms with Gasteiger partial charge in [0.25, 0.3) is 5.91 Å². The number of carbonyl (C=O) groups excluding carboxylic acids is 1. The predicted octanol–water partition coefficient (Wildman–Crippen LogP) is 3.09. The van der Waals surface area contributed by atoms with Crippen molar-refractivity contribution in [2.45, 2.75) is 63.6 Å². The van der Waals surface area contributed by atoms with Gasteiger partial charge < -0.3 is 20.1 Å². The summed E-state index contributed by atoms with van der Waals surface area (Å²) >= 11 is 1.55. The van der Waals surface area contributed by atoms with Gasteiger partial charge in [0, 0.05) is 56.9 Å². The number of carboxylic acid groups (broad SMARTS) is 1. The molecule has 0 atom stereocenters. The molecule has 2 saturated heterocycles. The molecule has 5 rings (SSSR count). The van der Waals surface area contributed by atoms with E-state index in [2.05, 4.69) is 14.9 Å². The fraction of sp³-hybridized carbons (Fsp3) is 0.696. The molecule has 0 unspecified atom stereocenters. The lowest BCUT2D eigenvalue weighted by Crippen LogP contribution is -2.53. The van der Waals surface area contributed by atoms with E-state index in [1.165, 1.54) is 4.90 Å². The zero-order valence-corrected chi connectivity index (χ0v) is 20.0. The Bertz CT molecular complexity index is 998. The molecular weight excluding hydrogens is 442 g/mol. The highest BCUT2D eigenvalue weighted by molar-refractivity contribution is 7.20. The van der Waals surface area contributed by atoms with Crippen molar-refractivity contribution in [3.05, 3.63) is 16.6 Å². The van der Waals surface area contributed by atoms with E-state index in [1.54, 1.807) is 11.3 Å². The number of hydrogen-bond donors (Lipinski definition) is 2. The summed E-state index contributed by atoms with van der Waals surface area (Å²) in [5.41, 5.74) is 0.982. The SMILES string of the molecule is Cc1nn(C2CCOCC2)c2sc(C(=O)NC3CCC(N4CCN(C(=O)O)CC4)CC3)cc12.